The van der Waals surface area contributed by atoms with Gasteiger partial charge < -0.3 is 5.32 Å². The van der Waals surface area contributed by atoms with Gasteiger partial charge in [-0.05, 0) is 67.3 Å². The van der Waals surface area contributed by atoms with E-state index in [9.17, 15) is 18.0 Å². The maximum atomic E-state index is 12.9. The molecule has 7 nitrogen and oxygen atoms in total. The zero-order chi connectivity index (χ0) is 24.7. The average molecular weight is 486 g/mol. The number of nitrogens with zero attached hydrogens (tertiary/aromatic N) is 1. The molecule has 8 heteroatoms. The highest BCUT2D eigenvalue weighted by atomic mass is 32.2. The van der Waals surface area contributed by atoms with Crippen molar-refractivity contribution in [2.24, 2.45) is 0 Å². The number of carbonyl (C=O) groups excluding carboxylic acids is 2. The summed E-state index contributed by atoms with van der Waals surface area (Å²) in [6, 6.07) is 22.5. The van der Waals surface area contributed by atoms with Crippen molar-refractivity contribution in [2.75, 3.05) is 21.5 Å². The molecule has 0 aromatic heterocycles. The van der Waals surface area contributed by atoms with Crippen LogP contribution >= 0.6 is 0 Å². The Balaban J connectivity index is 1.28. The lowest BCUT2D eigenvalue weighted by atomic mass is 10.1. The van der Waals surface area contributed by atoms with Gasteiger partial charge >= 0.3 is 0 Å². The van der Waals surface area contributed by atoms with Gasteiger partial charge in [-0.1, -0.05) is 42.0 Å². The number of sulfonamides is 1. The lowest BCUT2D eigenvalue weighted by Crippen LogP contribution is -2.35. The smallest absolute Gasteiger partial charge is 0.261 e. The van der Waals surface area contributed by atoms with E-state index in [1.54, 1.807) is 12.1 Å². The second-order valence-electron chi connectivity index (χ2n) is 8.57. The number of rotatable bonds is 6. The highest BCUT2D eigenvalue weighted by molar-refractivity contribution is 7.92. The predicted molar refractivity (Wildman–Crippen MR) is 137 cm³/mol. The Labute approximate surface area is 203 Å². The number of anilines is 3. The van der Waals surface area contributed by atoms with Gasteiger partial charge in [-0.3, -0.25) is 19.2 Å². The van der Waals surface area contributed by atoms with Crippen molar-refractivity contribution in [1.29, 1.82) is 0 Å². The predicted octanol–water partition coefficient (Wildman–Crippen LogP) is 4.86. The number of hydrogen-bond acceptors (Lipinski definition) is 4. The van der Waals surface area contributed by atoms with Gasteiger partial charge in [-0.25, -0.2) is 8.42 Å². The van der Waals surface area contributed by atoms with Gasteiger partial charge in [0.2, 0.25) is 5.91 Å². The van der Waals surface area contributed by atoms with E-state index in [1.807, 2.05) is 56.3 Å². The summed E-state index contributed by atoms with van der Waals surface area (Å²) in [7, 11) is -3.79. The maximum absolute atomic E-state index is 12.9. The molecule has 0 bridgehead atoms. The molecule has 1 aliphatic rings. The zero-order valence-corrected chi connectivity index (χ0v) is 20.0. The van der Waals surface area contributed by atoms with E-state index >= 15 is 0 Å². The van der Waals surface area contributed by atoms with Crippen molar-refractivity contribution in [3.63, 3.8) is 0 Å². The number of nitrogens with one attached hydrogen (secondary N) is 2. The van der Waals surface area contributed by atoms with Crippen molar-refractivity contribution in [2.45, 2.75) is 18.7 Å². The first-order chi connectivity index (χ1) is 16.7. The summed E-state index contributed by atoms with van der Waals surface area (Å²) >= 11 is 0. The van der Waals surface area contributed by atoms with Crippen LogP contribution in [0, 0.1) is 13.8 Å². The van der Waals surface area contributed by atoms with Crippen LogP contribution < -0.4 is 14.9 Å². The highest BCUT2D eigenvalue weighted by Gasteiger charge is 2.30. The van der Waals surface area contributed by atoms with E-state index in [4.69, 9.17) is 0 Å². The molecule has 4 aromatic rings. The van der Waals surface area contributed by atoms with Crippen LogP contribution in [0.1, 0.15) is 21.5 Å². The van der Waals surface area contributed by atoms with Gasteiger partial charge in [0.1, 0.15) is 6.54 Å². The Morgan fingerprint density at radius 3 is 2.34 bits per heavy atom. The first kappa shape index (κ1) is 22.6. The number of hydrogen-bond donors (Lipinski definition) is 2. The van der Waals surface area contributed by atoms with Gasteiger partial charge in [0.05, 0.1) is 16.3 Å². The number of benzene rings is 4. The first-order valence-electron chi connectivity index (χ1n) is 11.1. The fraction of sp³-hybridized carbons (Fsp3) is 0.111. The third kappa shape index (κ3) is 4.24. The van der Waals surface area contributed by atoms with Crippen LogP contribution in [-0.2, 0) is 14.8 Å². The SMILES string of the molecule is Cc1ccc(NS(=O)(=O)c2ccc(NC(=O)CN3C(=O)c4cccc5cccc3c45)cc2)c(C)c1. The minimum Gasteiger partial charge on any atom is -0.325 e. The Kier molecular flexibility index (Phi) is 5.53. The largest absolute Gasteiger partial charge is 0.325 e. The van der Waals surface area contributed by atoms with Crippen LogP contribution in [-0.4, -0.2) is 26.8 Å². The lowest BCUT2D eigenvalue weighted by Gasteiger charge is -2.17. The Morgan fingerprint density at radius 1 is 0.914 bits per heavy atom. The maximum Gasteiger partial charge on any atom is 0.261 e. The van der Waals surface area contributed by atoms with Crippen LogP contribution in [0.4, 0.5) is 17.1 Å². The van der Waals surface area contributed by atoms with Crippen LogP contribution in [0.3, 0.4) is 0 Å². The third-order valence-corrected chi connectivity index (χ3v) is 7.41. The minimum atomic E-state index is -3.79. The molecule has 0 aliphatic carbocycles. The summed E-state index contributed by atoms with van der Waals surface area (Å²) in [5.74, 6) is -0.599. The van der Waals surface area contributed by atoms with Crippen LogP contribution in [0.2, 0.25) is 0 Å². The molecule has 0 atom stereocenters. The fourth-order valence-electron chi connectivity index (χ4n) is 4.33. The summed E-state index contributed by atoms with van der Waals surface area (Å²) in [6.45, 7) is 3.63. The highest BCUT2D eigenvalue weighted by Crippen LogP contribution is 2.37. The van der Waals surface area contributed by atoms with E-state index in [-0.39, 0.29) is 23.3 Å². The number of aryl methyl sites for hydroxylation is 2. The van der Waals surface area contributed by atoms with Gasteiger partial charge in [-0.15, -0.1) is 0 Å². The molecule has 0 spiro atoms. The molecule has 0 saturated heterocycles. The molecule has 0 fully saturated rings. The Morgan fingerprint density at radius 2 is 1.63 bits per heavy atom. The molecule has 4 aromatic carbocycles. The summed E-state index contributed by atoms with van der Waals surface area (Å²) < 4.78 is 28.2. The molecule has 0 saturated carbocycles. The second kappa shape index (κ2) is 8.56. The molecule has 35 heavy (non-hydrogen) atoms. The van der Waals surface area contributed by atoms with Crippen molar-refractivity contribution < 1.29 is 18.0 Å². The van der Waals surface area contributed by atoms with Crippen molar-refractivity contribution in [3.8, 4) is 0 Å². The van der Waals surface area contributed by atoms with Crippen molar-refractivity contribution >= 4 is 49.7 Å². The fourth-order valence-corrected chi connectivity index (χ4v) is 5.46. The van der Waals surface area contributed by atoms with Crippen molar-refractivity contribution in [3.05, 3.63) is 95.6 Å². The molecule has 2 amide bonds. The summed E-state index contributed by atoms with van der Waals surface area (Å²) in [5.41, 5.74) is 4.10. The number of carbonyl (C=O) groups is 2. The van der Waals surface area contributed by atoms with E-state index in [0.29, 0.717) is 22.6 Å². The zero-order valence-electron chi connectivity index (χ0n) is 19.2. The van der Waals surface area contributed by atoms with Gasteiger partial charge in [0.15, 0.2) is 0 Å². The molecule has 1 heterocycles. The van der Waals surface area contributed by atoms with Crippen LogP contribution in [0.5, 0.6) is 0 Å². The topological polar surface area (TPSA) is 95.6 Å². The average Bonchev–Trinajstić information content (AvgIpc) is 3.09. The molecule has 0 radical (unpaired) electrons. The molecular weight excluding hydrogens is 462 g/mol. The van der Waals surface area contributed by atoms with Gasteiger partial charge in [0, 0.05) is 16.6 Å². The molecular formula is C27H23N3O4S. The molecule has 5 rings (SSSR count). The van der Waals surface area contributed by atoms with Gasteiger partial charge in [0.25, 0.3) is 15.9 Å². The molecule has 0 unspecified atom stereocenters. The summed E-state index contributed by atoms with van der Waals surface area (Å²) in [5, 5.41) is 4.54. The Hall–Kier alpha value is -4.17. The van der Waals surface area contributed by atoms with Crippen LogP contribution in [0.15, 0.2) is 83.8 Å². The Bertz CT molecular complexity index is 1590. The normalized spacial score (nSPS) is 12.7. The third-order valence-electron chi connectivity index (χ3n) is 6.03. The lowest BCUT2D eigenvalue weighted by molar-refractivity contribution is -0.114. The monoisotopic (exact) mass is 485 g/mol. The first-order valence-corrected chi connectivity index (χ1v) is 12.5. The van der Waals surface area contributed by atoms with Crippen LogP contribution in [0.25, 0.3) is 10.8 Å². The quantitative estimate of drug-likeness (QED) is 0.408. The summed E-state index contributed by atoms with van der Waals surface area (Å²) in [6.07, 6.45) is 0. The molecule has 176 valence electrons. The number of amides is 2. The minimum absolute atomic E-state index is 0.0762. The molecule has 1 aliphatic heterocycles. The van der Waals surface area contributed by atoms with Crippen molar-refractivity contribution in [1.82, 2.24) is 0 Å². The van der Waals surface area contributed by atoms with E-state index in [2.05, 4.69) is 10.0 Å². The van der Waals surface area contributed by atoms with E-state index < -0.39 is 10.0 Å². The summed E-state index contributed by atoms with van der Waals surface area (Å²) in [4.78, 5) is 27.2. The van der Waals surface area contributed by atoms with Gasteiger partial charge in [-0.2, -0.15) is 0 Å². The van der Waals surface area contributed by atoms with E-state index in [1.165, 1.54) is 29.2 Å². The molecule has 2 N–H and O–H groups in total. The standard InChI is InChI=1S/C27H23N3O4S/c1-17-9-14-23(18(2)15-17)29-35(33,34)21-12-10-20(11-13-21)28-25(31)16-30-24-8-4-6-19-5-3-7-22(26(19)24)27(30)32/h3-15,29H,16H2,1-2H3,(H,28,31). The van der Waals surface area contributed by atoms with E-state index in [0.717, 1.165) is 21.9 Å². The second-order valence-corrected chi connectivity index (χ2v) is 10.3.